The van der Waals surface area contributed by atoms with Crippen molar-refractivity contribution in [2.75, 3.05) is 13.1 Å². The van der Waals surface area contributed by atoms with Gasteiger partial charge in [-0.3, -0.25) is 9.59 Å². The van der Waals surface area contributed by atoms with Gasteiger partial charge in [-0.05, 0) is 18.3 Å². The van der Waals surface area contributed by atoms with Gasteiger partial charge < -0.3 is 10.0 Å². The van der Waals surface area contributed by atoms with Crippen molar-refractivity contribution in [3.63, 3.8) is 0 Å². The van der Waals surface area contributed by atoms with E-state index in [1.165, 1.54) is 0 Å². The van der Waals surface area contributed by atoms with Gasteiger partial charge in [-0.25, -0.2) is 0 Å². The second-order valence-electron chi connectivity index (χ2n) is 4.31. The highest BCUT2D eigenvalue weighted by atomic mass is 19.4. The van der Waals surface area contributed by atoms with Crippen LogP contribution in [0.15, 0.2) is 0 Å². The fraction of sp³-hybridized carbons (Fsp3) is 0.778. The first kappa shape index (κ1) is 11.2. The number of carbonyl (C=O) groups is 2. The Kier molecular flexibility index (Phi) is 2.36. The highest BCUT2D eigenvalue weighted by molar-refractivity contribution is 5.82. The summed E-state index contributed by atoms with van der Waals surface area (Å²) in [7, 11) is 0. The lowest BCUT2D eigenvalue weighted by atomic mass is 9.93. The van der Waals surface area contributed by atoms with Crippen molar-refractivity contribution in [1.29, 1.82) is 0 Å². The molecule has 0 unspecified atom stereocenters. The zero-order valence-electron chi connectivity index (χ0n) is 8.20. The third-order valence-corrected chi connectivity index (χ3v) is 3.20. The van der Waals surface area contributed by atoms with Crippen LogP contribution in [0, 0.1) is 17.8 Å². The molecule has 1 N–H and O–H groups in total. The van der Waals surface area contributed by atoms with Crippen molar-refractivity contribution in [3.8, 4) is 0 Å². The number of alkyl halides is 3. The predicted octanol–water partition coefficient (Wildman–Crippen LogP) is 0.728. The van der Waals surface area contributed by atoms with Crippen LogP contribution in [-0.4, -0.2) is 41.1 Å². The average molecular weight is 237 g/mol. The van der Waals surface area contributed by atoms with E-state index in [9.17, 15) is 22.8 Å². The number of halogens is 3. The van der Waals surface area contributed by atoms with Gasteiger partial charge in [0, 0.05) is 13.1 Å². The molecule has 0 aromatic heterocycles. The van der Waals surface area contributed by atoms with Crippen LogP contribution >= 0.6 is 0 Å². The maximum absolute atomic E-state index is 12.0. The fourth-order valence-electron chi connectivity index (χ4n) is 2.15. The van der Waals surface area contributed by atoms with Crippen LogP contribution in [-0.2, 0) is 9.59 Å². The zero-order valence-corrected chi connectivity index (χ0v) is 8.20. The molecule has 7 heteroatoms. The Bertz CT molecular complexity index is 335. The van der Waals surface area contributed by atoms with Gasteiger partial charge in [-0.2, -0.15) is 13.2 Å². The Morgan fingerprint density at radius 1 is 1.25 bits per heavy atom. The van der Waals surface area contributed by atoms with E-state index in [1.807, 2.05) is 0 Å². The number of carbonyl (C=O) groups excluding carboxylic acids is 1. The van der Waals surface area contributed by atoms with E-state index in [-0.39, 0.29) is 24.9 Å². The molecule has 1 saturated heterocycles. The molecule has 1 aliphatic heterocycles. The molecular weight excluding hydrogens is 227 g/mol. The summed E-state index contributed by atoms with van der Waals surface area (Å²) in [4.78, 5) is 22.0. The number of rotatable bonds is 2. The number of hydrogen-bond donors (Lipinski definition) is 1. The Morgan fingerprint density at radius 3 is 2.19 bits per heavy atom. The van der Waals surface area contributed by atoms with Gasteiger partial charge in [0.2, 0.25) is 0 Å². The molecule has 2 atom stereocenters. The minimum atomic E-state index is -4.82. The average Bonchev–Trinajstić information content (AvgIpc) is 2.79. The Balaban J connectivity index is 1.79. The van der Waals surface area contributed by atoms with E-state index in [2.05, 4.69) is 0 Å². The maximum atomic E-state index is 12.0. The zero-order chi connectivity index (χ0) is 12.1. The van der Waals surface area contributed by atoms with Gasteiger partial charge in [-0.15, -0.1) is 0 Å². The first-order valence-corrected chi connectivity index (χ1v) is 4.89. The second kappa shape index (κ2) is 3.36. The molecule has 0 radical (unpaired) electrons. The lowest BCUT2D eigenvalue weighted by molar-refractivity contribution is -0.192. The van der Waals surface area contributed by atoms with E-state index < -0.39 is 24.0 Å². The minimum Gasteiger partial charge on any atom is -0.481 e. The molecule has 4 nitrogen and oxygen atoms in total. The number of carboxylic acid groups (broad SMARTS) is 1. The molecule has 2 aliphatic rings. The number of hydrogen-bond acceptors (Lipinski definition) is 2. The number of carboxylic acids is 1. The highest BCUT2D eigenvalue weighted by Crippen LogP contribution is 2.48. The van der Waals surface area contributed by atoms with Crippen molar-refractivity contribution in [2.24, 2.45) is 17.8 Å². The molecule has 0 bridgehead atoms. The Morgan fingerprint density at radius 2 is 1.81 bits per heavy atom. The fourth-order valence-corrected chi connectivity index (χ4v) is 2.15. The number of nitrogens with zero attached hydrogens (tertiary/aromatic N) is 1. The monoisotopic (exact) mass is 237 g/mol. The molecule has 0 aromatic rings. The van der Waals surface area contributed by atoms with Gasteiger partial charge in [0.25, 0.3) is 0 Å². The third-order valence-electron chi connectivity index (χ3n) is 3.20. The standard InChI is InChI=1S/C9H10F3NO3/c10-9(11,12)8(16)13-2-4(3-13)5-1-6(5)7(14)15/h4-6H,1-3H2,(H,14,15)/t5-,6+/m0/s1. The Hall–Kier alpha value is -1.27. The van der Waals surface area contributed by atoms with Crippen LogP contribution in [0.2, 0.25) is 0 Å². The molecule has 2 fully saturated rings. The molecule has 1 amide bonds. The molecule has 1 saturated carbocycles. The lowest BCUT2D eigenvalue weighted by Gasteiger charge is -2.39. The third kappa shape index (κ3) is 1.85. The van der Waals surface area contributed by atoms with Gasteiger partial charge >= 0.3 is 18.1 Å². The highest BCUT2D eigenvalue weighted by Gasteiger charge is 2.54. The normalized spacial score (nSPS) is 29.8. The molecule has 1 aliphatic carbocycles. The Labute approximate surface area is 89.0 Å². The first-order valence-electron chi connectivity index (χ1n) is 4.89. The van der Waals surface area contributed by atoms with Gasteiger partial charge in [0.15, 0.2) is 0 Å². The predicted molar refractivity (Wildman–Crippen MR) is 45.4 cm³/mol. The molecule has 1 heterocycles. The molecule has 0 spiro atoms. The van der Waals surface area contributed by atoms with Crippen molar-refractivity contribution < 1.29 is 27.9 Å². The largest absolute Gasteiger partial charge is 0.481 e. The summed E-state index contributed by atoms with van der Waals surface area (Å²) >= 11 is 0. The van der Waals surface area contributed by atoms with E-state index >= 15 is 0 Å². The van der Waals surface area contributed by atoms with Gasteiger partial charge in [-0.1, -0.05) is 0 Å². The summed E-state index contributed by atoms with van der Waals surface area (Å²) < 4.78 is 36.0. The number of aliphatic carboxylic acids is 1. The molecule has 16 heavy (non-hydrogen) atoms. The molecular formula is C9H10F3NO3. The van der Waals surface area contributed by atoms with Crippen LogP contribution in [0.1, 0.15) is 6.42 Å². The van der Waals surface area contributed by atoms with Crippen LogP contribution in [0.5, 0.6) is 0 Å². The quantitative estimate of drug-likeness (QED) is 0.770. The molecule has 2 rings (SSSR count). The summed E-state index contributed by atoms with van der Waals surface area (Å²) in [6.07, 6.45) is -4.30. The van der Waals surface area contributed by atoms with Crippen molar-refractivity contribution >= 4 is 11.9 Å². The second-order valence-corrected chi connectivity index (χ2v) is 4.31. The van der Waals surface area contributed by atoms with Crippen molar-refractivity contribution in [3.05, 3.63) is 0 Å². The number of amides is 1. The van der Waals surface area contributed by atoms with E-state index in [1.54, 1.807) is 0 Å². The summed E-state index contributed by atoms with van der Waals surface area (Å²) in [5.41, 5.74) is 0. The van der Waals surface area contributed by atoms with E-state index in [0.29, 0.717) is 6.42 Å². The van der Waals surface area contributed by atoms with Crippen molar-refractivity contribution in [1.82, 2.24) is 4.90 Å². The van der Waals surface area contributed by atoms with Crippen LogP contribution < -0.4 is 0 Å². The van der Waals surface area contributed by atoms with Crippen LogP contribution in [0.4, 0.5) is 13.2 Å². The maximum Gasteiger partial charge on any atom is 0.471 e. The molecule has 90 valence electrons. The smallest absolute Gasteiger partial charge is 0.471 e. The SMILES string of the molecule is O=C(O)[C@@H]1C[C@H]1C1CN(C(=O)C(F)(F)F)C1. The van der Waals surface area contributed by atoms with Gasteiger partial charge in [0.1, 0.15) is 0 Å². The molecule has 0 aromatic carbocycles. The van der Waals surface area contributed by atoms with Gasteiger partial charge in [0.05, 0.1) is 5.92 Å². The topological polar surface area (TPSA) is 57.6 Å². The minimum absolute atomic E-state index is 0.0345. The first-order chi connectivity index (χ1) is 7.30. The van der Waals surface area contributed by atoms with Crippen LogP contribution in [0.25, 0.3) is 0 Å². The van der Waals surface area contributed by atoms with Crippen LogP contribution in [0.3, 0.4) is 0 Å². The lowest BCUT2D eigenvalue weighted by Crippen LogP contribution is -2.55. The van der Waals surface area contributed by atoms with E-state index in [4.69, 9.17) is 5.11 Å². The van der Waals surface area contributed by atoms with Crippen molar-refractivity contribution in [2.45, 2.75) is 12.6 Å². The number of likely N-dealkylation sites (tertiary alicyclic amines) is 1. The summed E-state index contributed by atoms with van der Waals surface area (Å²) in [5, 5.41) is 8.64. The summed E-state index contributed by atoms with van der Waals surface area (Å²) in [5.74, 6) is -3.27. The summed E-state index contributed by atoms with van der Waals surface area (Å²) in [6, 6.07) is 0. The van der Waals surface area contributed by atoms with E-state index in [0.717, 1.165) is 4.90 Å². The summed E-state index contributed by atoms with van der Waals surface area (Å²) in [6.45, 7) is 0.0690.